The van der Waals surface area contributed by atoms with Gasteiger partial charge in [-0.05, 0) is 85.4 Å². The summed E-state index contributed by atoms with van der Waals surface area (Å²) < 4.78 is 6.02. The van der Waals surface area contributed by atoms with Crippen molar-refractivity contribution >= 4 is 0 Å². The van der Waals surface area contributed by atoms with E-state index in [-0.39, 0.29) is 0 Å². The fourth-order valence-electron chi connectivity index (χ4n) is 8.35. The van der Waals surface area contributed by atoms with Crippen LogP contribution in [0.3, 0.4) is 0 Å². The van der Waals surface area contributed by atoms with Crippen molar-refractivity contribution < 1.29 is 4.74 Å². The summed E-state index contributed by atoms with van der Waals surface area (Å²) in [6.45, 7) is 8.93. The zero-order valence-electron chi connectivity index (χ0n) is 14.2. The molecule has 1 heterocycles. The van der Waals surface area contributed by atoms with Crippen LogP contribution >= 0.6 is 0 Å². The predicted octanol–water partition coefficient (Wildman–Crippen LogP) is 5.19. The molecule has 4 aliphatic carbocycles. The first-order valence-electron chi connectivity index (χ1n) is 9.54. The summed E-state index contributed by atoms with van der Waals surface area (Å²) in [4.78, 5) is 0. The van der Waals surface area contributed by atoms with Gasteiger partial charge in [-0.1, -0.05) is 27.2 Å². The second-order valence-corrected chi connectivity index (χ2v) is 10.4. The Morgan fingerprint density at radius 1 is 0.905 bits per heavy atom. The van der Waals surface area contributed by atoms with Crippen LogP contribution in [0.15, 0.2) is 0 Å². The van der Waals surface area contributed by atoms with E-state index < -0.39 is 0 Å². The fraction of sp³-hybridized carbons (Fsp3) is 1.00. The zero-order valence-corrected chi connectivity index (χ0v) is 14.2. The number of epoxide rings is 1. The number of rotatable bonds is 0. The third-order valence-corrected chi connectivity index (χ3v) is 9.11. The summed E-state index contributed by atoms with van der Waals surface area (Å²) in [5.41, 5.74) is 2.27. The molecule has 0 unspecified atom stereocenters. The standard InChI is InChI=1S/C20H32O/c1-17(2)8-4-9-18(3)15(17)7-10-19-11-14(5-6-16(18)19)20(12-19)13-21-20/h14-16H,4-13H2,1-3H3/t14-,15-,16+,18-,19+,20+/m0/s1. The Balaban J connectivity index is 1.55. The monoisotopic (exact) mass is 288 g/mol. The lowest BCUT2D eigenvalue weighted by Gasteiger charge is -2.64. The van der Waals surface area contributed by atoms with Gasteiger partial charge in [0.15, 0.2) is 0 Å². The molecule has 6 atom stereocenters. The van der Waals surface area contributed by atoms with Gasteiger partial charge in [-0.25, -0.2) is 0 Å². The van der Waals surface area contributed by atoms with Gasteiger partial charge in [0, 0.05) is 0 Å². The lowest BCUT2D eigenvalue weighted by Crippen LogP contribution is -2.55. The van der Waals surface area contributed by atoms with E-state index in [1.807, 2.05) is 0 Å². The van der Waals surface area contributed by atoms with E-state index in [9.17, 15) is 0 Å². The van der Waals surface area contributed by atoms with Gasteiger partial charge in [-0.3, -0.25) is 0 Å². The van der Waals surface area contributed by atoms with Crippen LogP contribution in [0.2, 0.25) is 0 Å². The summed E-state index contributed by atoms with van der Waals surface area (Å²) >= 11 is 0. The Hall–Kier alpha value is -0.0400. The highest BCUT2D eigenvalue weighted by Crippen LogP contribution is 2.74. The van der Waals surface area contributed by atoms with E-state index in [1.54, 1.807) is 0 Å². The number of fused-ring (bicyclic) bond motifs is 4. The molecular formula is C20H32O. The van der Waals surface area contributed by atoms with Crippen LogP contribution in [-0.4, -0.2) is 12.2 Å². The molecule has 2 bridgehead atoms. The molecule has 0 radical (unpaired) electrons. The van der Waals surface area contributed by atoms with Crippen molar-refractivity contribution in [3.8, 4) is 0 Å². The first-order valence-corrected chi connectivity index (χ1v) is 9.54. The highest BCUT2D eigenvalue weighted by atomic mass is 16.6. The van der Waals surface area contributed by atoms with Crippen molar-refractivity contribution in [3.05, 3.63) is 0 Å². The normalized spacial score (nSPS) is 60.4. The Labute approximate surface area is 130 Å². The molecule has 5 rings (SSSR count). The molecule has 1 heteroatoms. The number of hydrogen-bond acceptors (Lipinski definition) is 1. The van der Waals surface area contributed by atoms with Crippen LogP contribution < -0.4 is 0 Å². The molecule has 5 aliphatic rings. The van der Waals surface area contributed by atoms with E-state index in [1.165, 1.54) is 57.8 Å². The van der Waals surface area contributed by atoms with Gasteiger partial charge < -0.3 is 4.74 Å². The molecule has 0 aromatic carbocycles. The van der Waals surface area contributed by atoms with Crippen molar-refractivity contribution in [2.45, 2.75) is 84.2 Å². The average Bonchev–Trinajstić information content (AvgIpc) is 3.13. The first kappa shape index (κ1) is 13.4. The van der Waals surface area contributed by atoms with Gasteiger partial charge in [-0.2, -0.15) is 0 Å². The predicted molar refractivity (Wildman–Crippen MR) is 85.0 cm³/mol. The van der Waals surface area contributed by atoms with E-state index in [0.29, 0.717) is 21.8 Å². The lowest BCUT2D eigenvalue weighted by atomic mass is 9.41. The van der Waals surface area contributed by atoms with Crippen molar-refractivity contribution in [1.82, 2.24) is 0 Å². The van der Waals surface area contributed by atoms with Crippen LogP contribution in [0.1, 0.15) is 78.6 Å². The summed E-state index contributed by atoms with van der Waals surface area (Å²) in [6.07, 6.45) is 13.4. The average molecular weight is 288 g/mol. The Bertz CT molecular complexity index is 476. The molecule has 4 saturated carbocycles. The molecule has 0 N–H and O–H groups in total. The topological polar surface area (TPSA) is 12.5 Å². The van der Waals surface area contributed by atoms with Crippen LogP contribution in [0.5, 0.6) is 0 Å². The summed E-state index contributed by atoms with van der Waals surface area (Å²) in [6, 6.07) is 0. The zero-order chi connectivity index (χ0) is 14.5. The minimum Gasteiger partial charge on any atom is -0.369 e. The largest absolute Gasteiger partial charge is 0.369 e. The Kier molecular flexibility index (Phi) is 2.37. The second kappa shape index (κ2) is 3.71. The molecule has 0 aromatic rings. The first-order chi connectivity index (χ1) is 9.90. The third-order valence-electron chi connectivity index (χ3n) is 9.11. The molecule has 21 heavy (non-hydrogen) atoms. The van der Waals surface area contributed by atoms with Crippen LogP contribution in [-0.2, 0) is 4.74 Å². The molecule has 2 spiro atoms. The fourth-order valence-corrected chi connectivity index (χ4v) is 8.35. The third kappa shape index (κ3) is 1.53. The van der Waals surface area contributed by atoms with Crippen molar-refractivity contribution in [3.63, 3.8) is 0 Å². The number of hydrogen-bond donors (Lipinski definition) is 0. The molecule has 0 amide bonds. The van der Waals surface area contributed by atoms with Crippen molar-refractivity contribution in [2.24, 2.45) is 34.0 Å². The highest BCUT2D eigenvalue weighted by molar-refractivity contribution is 5.19. The van der Waals surface area contributed by atoms with E-state index in [0.717, 1.165) is 24.4 Å². The molecule has 118 valence electrons. The van der Waals surface area contributed by atoms with Crippen LogP contribution in [0.4, 0.5) is 0 Å². The Morgan fingerprint density at radius 3 is 2.48 bits per heavy atom. The summed E-state index contributed by atoms with van der Waals surface area (Å²) in [5, 5.41) is 0. The maximum Gasteiger partial charge on any atom is 0.0950 e. The minimum absolute atomic E-state index is 0.377. The van der Waals surface area contributed by atoms with Crippen LogP contribution in [0, 0.1) is 34.0 Å². The minimum atomic E-state index is 0.377. The molecular weight excluding hydrogens is 256 g/mol. The SMILES string of the molecule is CC1(C)CCC[C@@]2(C)[C@H]1CC[C@]13C[C@H](CC[C@@H]12)[C@]1(CO1)C3. The van der Waals surface area contributed by atoms with E-state index in [4.69, 9.17) is 4.74 Å². The van der Waals surface area contributed by atoms with E-state index in [2.05, 4.69) is 20.8 Å². The molecule has 5 fully saturated rings. The quantitative estimate of drug-likeness (QED) is 0.559. The molecule has 1 nitrogen and oxygen atoms in total. The van der Waals surface area contributed by atoms with Crippen molar-refractivity contribution in [2.75, 3.05) is 6.61 Å². The van der Waals surface area contributed by atoms with Gasteiger partial charge in [0.05, 0.1) is 12.2 Å². The Morgan fingerprint density at radius 2 is 1.71 bits per heavy atom. The van der Waals surface area contributed by atoms with Gasteiger partial charge >= 0.3 is 0 Å². The van der Waals surface area contributed by atoms with Gasteiger partial charge in [0.1, 0.15) is 0 Å². The van der Waals surface area contributed by atoms with Gasteiger partial charge in [-0.15, -0.1) is 0 Å². The lowest BCUT2D eigenvalue weighted by molar-refractivity contribution is -0.144. The van der Waals surface area contributed by atoms with Gasteiger partial charge in [0.2, 0.25) is 0 Å². The second-order valence-electron chi connectivity index (χ2n) is 10.4. The maximum absolute atomic E-state index is 6.02. The summed E-state index contributed by atoms with van der Waals surface area (Å²) in [7, 11) is 0. The molecule has 1 aliphatic heterocycles. The highest BCUT2D eigenvalue weighted by Gasteiger charge is 2.70. The smallest absolute Gasteiger partial charge is 0.0950 e. The van der Waals surface area contributed by atoms with Gasteiger partial charge in [0.25, 0.3) is 0 Å². The maximum atomic E-state index is 6.02. The molecule has 0 aromatic heterocycles. The summed E-state index contributed by atoms with van der Waals surface area (Å²) in [5.74, 6) is 2.90. The number of ether oxygens (including phenoxy) is 1. The van der Waals surface area contributed by atoms with E-state index >= 15 is 0 Å². The van der Waals surface area contributed by atoms with Crippen molar-refractivity contribution in [1.29, 1.82) is 0 Å². The molecule has 1 saturated heterocycles. The van der Waals surface area contributed by atoms with Crippen LogP contribution in [0.25, 0.3) is 0 Å².